The Labute approximate surface area is 91.3 Å². The van der Waals surface area contributed by atoms with Crippen LogP contribution < -0.4 is 0 Å². The molecule has 0 aromatic carbocycles. The minimum Gasteiger partial charge on any atom is -0.390 e. The molecule has 0 spiro atoms. The molecule has 1 aromatic rings. The zero-order valence-corrected chi connectivity index (χ0v) is 9.90. The summed E-state index contributed by atoms with van der Waals surface area (Å²) in [5.41, 5.74) is 1.83. The summed E-state index contributed by atoms with van der Waals surface area (Å²) in [6.45, 7) is 7.42. The van der Waals surface area contributed by atoms with Gasteiger partial charge >= 0.3 is 0 Å². The van der Waals surface area contributed by atoms with Gasteiger partial charge in [-0.05, 0) is 18.8 Å². The summed E-state index contributed by atoms with van der Waals surface area (Å²) in [5, 5.41) is 17.2. The predicted molar refractivity (Wildman–Crippen MR) is 59.4 cm³/mol. The van der Waals surface area contributed by atoms with E-state index in [1.165, 1.54) is 0 Å². The SMILES string of the molecule is CCCc1c(CO)nnn1CCC(C)C. The maximum absolute atomic E-state index is 9.12. The summed E-state index contributed by atoms with van der Waals surface area (Å²) < 4.78 is 1.94. The molecule has 0 fully saturated rings. The quantitative estimate of drug-likeness (QED) is 0.780. The zero-order chi connectivity index (χ0) is 11.3. The van der Waals surface area contributed by atoms with Gasteiger partial charge in [-0.1, -0.05) is 32.4 Å². The van der Waals surface area contributed by atoms with E-state index in [-0.39, 0.29) is 6.61 Å². The second-order valence-electron chi connectivity index (χ2n) is 4.30. The van der Waals surface area contributed by atoms with Gasteiger partial charge in [0.15, 0.2) is 0 Å². The van der Waals surface area contributed by atoms with Gasteiger partial charge in [-0.15, -0.1) is 5.10 Å². The fourth-order valence-corrected chi connectivity index (χ4v) is 1.56. The van der Waals surface area contributed by atoms with Gasteiger partial charge < -0.3 is 5.11 Å². The lowest BCUT2D eigenvalue weighted by molar-refractivity contribution is 0.275. The van der Waals surface area contributed by atoms with Crippen molar-refractivity contribution in [3.05, 3.63) is 11.4 Å². The van der Waals surface area contributed by atoms with Gasteiger partial charge in [0.2, 0.25) is 0 Å². The minimum atomic E-state index is -0.00296. The number of nitrogens with zero attached hydrogens (tertiary/aromatic N) is 3. The van der Waals surface area contributed by atoms with E-state index in [4.69, 9.17) is 5.11 Å². The van der Waals surface area contributed by atoms with Crippen LogP contribution in [0.1, 0.15) is 45.0 Å². The molecule has 0 unspecified atom stereocenters. The number of rotatable bonds is 6. The molecular weight excluding hydrogens is 190 g/mol. The molecule has 15 heavy (non-hydrogen) atoms. The van der Waals surface area contributed by atoms with Gasteiger partial charge in [0.25, 0.3) is 0 Å². The number of aromatic nitrogens is 3. The molecule has 0 aliphatic carbocycles. The molecule has 1 heterocycles. The van der Waals surface area contributed by atoms with Crippen molar-refractivity contribution >= 4 is 0 Å². The first-order valence-corrected chi connectivity index (χ1v) is 5.71. The molecule has 1 N–H and O–H groups in total. The molecule has 4 heteroatoms. The molecule has 0 saturated carbocycles. The molecule has 0 aliphatic rings. The highest BCUT2D eigenvalue weighted by Gasteiger charge is 2.10. The Hall–Kier alpha value is -0.900. The molecule has 0 saturated heterocycles. The number of hydrogen-bond acceptors (Lipinski definition) is 3. The lowest BCUT2D eigenvalue weighted by Crippen LogP contribution is -2.08. The highest BCUT2D eigenvalue weighted by atomic mass is 16.3. The third-order valence-electron chi connectivity index (χ3n) is 2.47. The van der Waals surface area contributed by atoms with Gasteiger partial charge in [0.1, 0.15) is 5.69 Å². The van der Waals surface area contributed by atoms with E-state index in [9.17, 15) is 0 Å². The number of aliphatic hydroxyl groups is 1. The van der Waals surface area contributed by atoms with Crippen LogP contribution in [0.3, 0.4) is 0 Å². The molecule has 0 radical (unpaired) electrons. The standard InChI is InChI=1S/C11H21N3O/c1-4-5-11-10(8-15)12-13-14(11)7-6-9(2)3/h9,15H,4-8H2,1-3H3. The van der Waals surface area contributed by atoms with Crippen LogP contribution in [0.4, 0.5) is 0 Å². The van der Waals surface area contributed by atoms with Crippen LogP contribution in [0, 0.1) is 5.92 Å². The second kappa shape index (κ2) is 5.85. The fourth-order valence-electron chi connectivity index (χ4n) is 1.56. The lowest BCUT2D eigenvalue weighted by atomic mass is 10.1. The van der Waals surface area contributed by atoms with Crippen LogP contribution in [0.15, 0.2) is 0 Å². The molecule has 0 amide bonds. The summed E-state index contributed by atoms with van der Waals surface area (Å²) in [6, 6.07) is 0. The number of aliphatic hydroxyl groups excluding tert-OH is 1. The Morgan fingerprint density at radius 3 is 2.67 bits per heavy atom. The van der Waals surface area contributed by atoms with Crippen LogP contribution in [-0.2, 0) is 19.6 Å². The van der Waals surface area contributed by atoms with Crippen LogP contribution in [0.25, 0.3) is 0 Å². The Bertz CT molecular complexity index is 294. The summed E-state index contributed by atoms with van der Waals surface area (Å²) >= 11 is 0. The van der Waals surface area contributed by atoms with Crippen molar-refractivity contribution in [1.82, 2.24) is 15.0 Å². The maximum atomic E-state index is 9.12. The molecule has 4 nitrogen and oxygen atoms in total. The molecule has 1 aromatic heterocycles. The fraction of sp³-hybridized carbons (Fsp3) is 0.818. The Kier molecular flexibility index (Phi) is 4.75. The van der Waals surface area contributed by atoms with E-state index in [2.05, 4.69) is 31.1 Å². The van der Waals surface area contributed by atoms with Crippen molar-refractivity contribution in [2.24, 2.45) is 5.92 Å². The second-order valence-corrected chi connectivity index (χ2v) is 4.30. The van der Waals surface area contributed by atoms with Crippen molar-refractivity contribution in [2.45, 2.75) is 53.2 Å². The van der Waals surface area contributed by atoms with Gasteiger partial charge in [0.05, 0.1) is 12.3 Å². The summed E-state index contributed by atoms with van der Waals surface area (Å²) in [5.74, 6) is 0.668. The van der Waals surface area contributed by atoms with Gasteiger partial charge in [0, 0.05) is 6.54 Å². The molecule has 0 bridgehead atoms. The number of hydrogen-bond donors (Lipinski definition) is 1. The van der Waals surface area contributed by atoms with Crippen LogP contribution in [0.5, 0.6) is 0 Å². The van der Waals surface area contributed by atoms with E-state index in [1.807, 2.05) is 4.68 Å². The monoisotopic (exact) mass is 211 g/mol. The number of aryl methyl sites for hydroxylation is 1. The topological polar surface area (TPSA) is 50.9 Å². The third kappa shape index (κ3) is 3.30. The van der Waals surface area contributed by atoms with E-state index in [0.717, 1.165) is 37.2 Å². The predicted octanol–water partition coefficient (Wildman–Crippen LogP) is 1.77. The van der Waals surface area contributed by atoms with Gasteiger partial charge in [-0.3, -0.25) is 0 Å². The molecule has 86 valence electrons. The molecule has 1 rings (SSSR count). The van der Waals surface area contributed by atoms with Crippen LogP contribution in [-0.4, -0.2) is 20.1 Å². The van der Waals surface area contributed by atoms with E-state index < -0.39 is 0 Å². The van der Waals surface area contributed by atoms with E-state index in [1.54, 1.807) is 0 Å². The van der Waals surface area contributed by atoms with Crippen molar-refractivity contribution in [3.63, 3.8) is 0 Å². The smallest absolute Gasteiger partial charge is 0.111 e. The van der Waals surface area contributed by atoms with Crippen molar-refractivity contribution in [2.75, 3.05) is 0 Å². The largest absolute Gasteiger partial charge is 0.390 e. The first kappa shape index (κ1) is 12.2. The molecular formula is C11H21N3O. The summed E-state index contributed by atoms with van der Waals surface area (Å²) in [6.07, 6.45) is 3.11. The minimum absolute atomic E-state index is 0.00296. The first-order valence-electron chi connectivity index (χ1n) is 5.71. The highest BCUT2D eigenvalue weighted by molar-refractivity contribution is 5.09. The van der Waals surface area contributed by atoms with Crippen molar-refractivity contribution in [3.8, 4) is 0 Å². The average Bonchev–Trinajstić information content (AvgIpc) is 2.58. The van der Waals surface area contributed by atoms with E-state index >= 15 is 0 Å². The normalized spacial score (nSPS) is 11.3. The lowest BCUT2D eigenvalue weighted by Gasteiger charge is -2.08. The summed E-state index contributed by atoms with van der Waals surface area (Å²) in [4.78, 5) is 0. The highest BCUT2D eigenvalue weighted by Crippen LogP contribution is 2.11. The maximum Gasteiger partial charge on any atom is 0.111 e. The third-order valence-corrected chi connectivity index (χ3v) is 2.47. The Morgan fingerprint density at radius 1 is 1.40 bits per heavy atom. The van der Waals surface area contributed by atoms with Gasteiger partial charge in [-0.25, -0.2) is 4.68 Å². The average molecular weight is 211 g/mol. The Morgan fingerprint density at radius 2 is 2.13 bits per heavy atom. The summed E-state index contributed by atoms with van der Waals surface area (Å²) in [7, 11) is 0. The van der Waals surface area contributed by atoms with Crippen molar-refractivity contribution < 1.29 is 5.11 Å². The molecule has 0 aliphatic heterocycles. The molecule has 0 atom stereocenters. The zero-order valence-electron chi connectivity index (χ0n) is 9.90. The Balaban J connectivity index is 2.72. The van der Waals surface area contributed by atoms with Crippen LogP contribution in [0.2, 0.25) is 0 Å². The van der Waals surface area contributed by atoms with E-state index in [0.29, 0.717) is 5.92 Å². The van der Waals surface area contributed by atoms with Crippen LogP contribution >= 0.6 is 0 Å². The first-order chi connectivity index (χ1) is 7.19. The van der Waals surface area contributed by atoms with Gasteiger partial charge in [-0.2, -0.15) is 0 Å². The van der Waals surface area contributed by atoms with Crippen molar-refractivity contribution in [1.29, 1.82) is 0 Å².